The molecular formula is C25H24F3N5O5. The van der Waals surface area contributed by atoms with Crippen molar-refractivity contribution in [2.24, 2.45) is 0 Å². The van der Waals surface area contributed by atoms with Crippen LogP contribution in [0.4, 0.5) is 13.2 Å². The number of likely N-dealkylation sites (N-methyl/N-ethyl adjacent to an activating group) is 1. The second-order valence-corrected chi connectivity index (χ2v) is 7.44. The summed E-state index contributed by atoms with van der Waals surface area (Å²) < 4.78 is 51.6. The molecule has 3 N–H and O–H groups in total. The summed E-state index contributed by atoms with van der Waals surface area (Å²) in [5, 5.41) is 22.1. The molecule has 0 spiro atoms. The van der Waals surface area contributed by atoms with Crippen LogP contribution >= 0.6 is 0 Å². The van der Waals surface area contributed by atoms with Gasteiger partial charge in [0.05, 0.1) is 6.54 Å². The quantitative estimate of drug-likeness (QED) is 0.325. The van der Waals surface area contributed by atoms with Crippen LogP contribution in [0, 0.1) is 0 Å². The van der Waals surface area contributed by atoms with Crippen molar-refractivity contribution in [3.63, 3.8) is 0 Å². The second kappa shape index (κ2) is 12.1. The molecule has 1 unspecified atom stereocenters. The number of amides is 2. The molecule has 0 saturated heterocycles. The average molecular weight is 531 g/mol. The molecule has 2 amide bonds. The number of alkyl halides is 3. The Hall–Kier alpha value is -4.52. The summed E-state index contributed by atoms with van der Waals surface area (Å²) in [6.07, 6.45) is -6.37. The van der Waals surface area contributed by atoms with Crippen LogP contribution in [0.5, 0.6) is 0 Å². The molecule has 0 aliphatic carbocycles. The van der Waals surface area contributed by atoms with Crippen molar-refractivity contribution in [1.82, 2.24) is 25.9 Å². The van der Waals surface area contributed by atoms with E-state index in [1.54, 1.807) is 18.2 Å². The van der Waals surface area contributed by atoms with Crippen molar-refractivity contribution in [2.45, 2.75) is 26.1 Å². The van der Waals surface area contributed by atoms with Gasteiger partial charge in [0, 0.05) is 18.2 Å². The number of halogens is 3. The smallest absolute Gasteiger partial charge is 0.378 e. The maximum absolute atomic E-state index is 13.9. The molecule has 4 rings (SSSR count). The van der Waals surface area contributed by atoms with Crippen molar-refractivity contribution in [1.29, 1.82) is 0 Å². The molecule has 0 saturated carbocycles. The summed E-state index contributed by atoms with van der Waals surface area (Å²) in [4.78, 5) is 27.2. The Kier molecular flexibility index (Phi) is 8.97. The molecule has 1 atom stereocenters. The molecule has 0 aliphatic heterocycles. The highest BCUT2D eigenvalue weighted by atomic mass is 19.4. The molecule has 0 aliphatic rings. The summed E-state index contributed by atoms with van der Waals surface area (Å²) in [6.45, 7) is 3.70. The summed E-state index contributed by atoms with van der Waals surface area (Å²) in [7, 11) is 1.40. The lowest BCUT2D eigenvalue weighted by Gasteiger charge is -2.11. The standard InChI is InChI=1S/C23H18F3N5O5.C2H6/c1-27-15(32)11-28-21(34)18(33)13-7-9-14(10-8-13)20-29-22(36-31-20)19-16(23(24,25)26)17(30-35-19)12-5-3-2-4-6-12;1-2/h2-10,18,33H,11H2,1H3,(H,27,32)(H,28,34);1-2H3. The normalized spacial score (nSPS) is 11.8. The van der Waals surface area contributed by atoms with Crippen molar-refractivity contribution < 1.29 is 36.9 Å². The van der Waals surface area contributed by atoms with Gasteiger partial charge in [-0.2, -0.15) is 18.2 Å². The van der Waals surface area contributed by atoms with Crippen molar-refractivity contribution in [3.05, 3.63) is 65.7 Å². The Morgan fingerprint density at radius 2 is 1.63 bits per heavy atom. The van der Waals surface area contributed by atoms with Crippen LogP contribution in [0.3, 0.4) is 0 Å². The highest BCUT2D eigenvalue weighted by molar-refractivity contribution is 5.87. The Morgan fingerprint density at radius 1 is 0.974 bits per heavy atom. The predicted octanol–water partition coefficient (Wildman–Crippen LogP) is 4.00. The van der Waals surface area contributed by atoms with Gasteiger partial charge in [0.15, 0.2) is 6.10 Å². The first-order valence-corrected chi connectivity index (χ1v) is 11.4. The van der Waals surface area contributed by atoms with Crippen LogP contribution in [0.1, 0.15) is 31.1 Å². The van der Waals surface area contributed by atoms with Crippen LogP contribution in [-0.2, 0) is 15.8 Å². The highest BCUT2D eigenvalue weighted by Crippen LogP contribution is 2.43. The molecule has 2 aromatic carbocycles. The molecule has 13 heteroatoms. The van der Waals surface area contributed by atoms with Gasteiger partial charge in [0.1, 0.15) is 11.3 Å². The van der Waals surface area contributed by atoms with Crippen LogP contribution in [0.2, 0.25) is 0 Å². The molecule has 0 fully saturated rings. The first-order chi connectivity index (χ1) is 18.2. The SMILES string of the molecule is CC.CNC(=O)CNC(=O)C(O)c1ccc(-c2noc(-c3onc(-c4ccccc4)c3C(F)(F)F)n2)cc1. The van der Waals surface area contributed by atoms with Gasteiger partial charge in [0.25, 0.3) is 11.8 Å². The summed E-state index contributed by atoms with van der Waals surface area (Å²) in [6, 6.07) is 13.4. The minimum absolute atomic E-state index is 0.0547. The zero-order valence-electron chi connectivity index (χ0n) is 20.5. The molecule has 2 aromatic heterocycles. The van der Waals surface area contributed by atoms with E-state index in [0.717, 1.165) is 0 Å². The zero-order chi connectivity index (χ0) is 27.9. The number of carbonyl (C=O) groups excluding carboxylic acids is 2. The lowest BCUT2D eigenvalue weighted by atomic mass is 10.1. The van der Waals surface area contributed by atoms with E-state index in [0.29, 0.717) is 5.56 Å². The zero-order valence-corrected chi connectivity index (χ0v) is 20.5. The van der Waals surface area contributed by atoms with Crippen molar-refractivity contribution in [2.75, 3.05) is 13.6 Å². The van der Waals surface area contributed by atoms with Gasteiger partial charge >= 0.3 is 6.18 Å². The van der Waals surface area contributed by atoms with Gasteiger partial charge in [-0.15, -0.1) is 0 Å². The topological polar surface area (TPSA) is 143 Å². The number of rotatable bonds is 7. The first kappa shape index (κ1) is 28.1. The fraction of sp³-hybridized carbons (Fsp3) is 0.240. The molecule has 2 heterocycles. The number of hydrogen-bond donors (Lipinski definition) is 3. The third kappa shape index (κ3) is 6.24. The van der Waals surface area contributed by atoms with Gasteiger partial charge in [-0.1, -0.05) is 78.8 Å². The Labute approximate surface area is 214 Å². The molecule has 38 heavy (non-hydrogen) atoms. The highest BCUT2D eigenvalue weighted by Gasteiger charge is 2.43. The lowest BCUT2D eigenvalue weighted by molar-refractivity contribution is -0.137. The van der Waals surface area contributed by atoms with E-state index in [2.05, 4.69) is 25.9 Å². The van der Waals surface area contributed by atoms with E-state index in [9.17, 15) is 27.9 Å². The molecule has 4 aromatic rings. The second-order valence-electron chi connectivity index (χ2n) is 7.44. The number of benzene rings is 2. The number of nitrogens with one attached hydrogen (secondary N) is 2. The van der Waals surface area contributed by atoms with Crippen LogP contribution < -0.4 is 10.6 Å². The van der Waals surface area contributed by atoms with Crippen LogP contribution in [0.25, 0.3) is 34.3 Å². The lowest BCUT2D eigenvalue weighted by Crippen LogP contribution is -2.37. The maximum Gasteiger partial charge on any atom is 0.422 e. The predicted molar refractivity (Wildman–Crippen MR) is 129 cm³/mol. The third-order valence-corrected chi connectivity index (χ3v) is 5.08. The van der Waals surface area contributed by atoms with E-state index >= 15 is 0 Å². The number of aliphatic hydroxyl groups excluding tert-OH is 1. The largest absolute Gasteiger partial charge is 0.422 e. The first-order valence-electron chi connectivity index (χ1n) is 11.4. The summed E-state index contributed by atoms with van der Waals surface area (Å²) in [5.41, 5.74) is -0.814. The van der Waals surface area contributed by atoms with E-state index in [1.807, 2.05) is 13.8 Å². The average Bonchev–Trinajstić information content (AvgIpc) is 3.61. The van der Waals surface area contributed by atoms with E-state index in [4.69, 9.17) is 9.05 Å². The minimum Gasteiger partial charge on any atom is -0.378 e. The van der Waals surface area contributed by atoms with E-state index in [1.165, 1.54) is 43.4 Å². The minimum atomic E-state index is -4.81. The van der Waals surface area contributed by atoms with Crippen molar-refractivity contribution in [3.8, 4) is 34.3 Å². The van der Waals surface area contributed by atoms with Crippen molar-refractivity contribution >= 4 is 11.8 Å². The van der Waals surface area contributed by atoms with Gasteiger partial charge in [-0.25, -0.2) is 0 Å². The molecule has 0 radical (unpaired) electrons. The molecular weight excluding hydrogens is 507 g/mol. The third-order valence-electron chi connectivity index (χ3n) is 5.08. The molecule has 200 valence electrons. The summed E-state index contributed by atoms with van der Waals surface area (Å²) in [5.74, 6) is -2.52. The number of carbonyl (C=O) groups is 2. The fourth-order valence-electron chi connectivity index (χ4n) is 3.24. The number of hydrogen-bond acceptors (Lipinski definition) is 8. The van der Waals surface area contributed by atoms with Crippen LogP contribution in [0.15, 0.2) is 63.6 Å². The van der Waals surface area contributed by atoms with Gasteiger partial charge in [-0.05, 0) is 5.56 Å². The number of nitrogens with zero attached hydrogens (tertiary/aromatic N) is 3. The Bertz CT molecular complexity index is 1370. The monoisotopic (exact) mass is 531 g/mol. The number of aromatic nitrogens is 3. The summed E-state index contributed by atoms with van der Waals surface area (Å²) >= 11 is 0. The van der Waals surface area contributed by atoms with Gasteiger partial charge < -0.3 is 24.8 Å². The fourth-order valence-corrected chi connectivity index (χ4v) is 3.24. The Balaban J connectivity index is 0.00000195. The van der Waals surface area contributed by atoms with Crippen LogP contribution in [-0.4, -0.2) is 45.8 Å². The van der Waals surface area contributed by atoms with Gasteiger partial charge in [0.2, 0.25) is 17.5 Å². The molecule has 10 nitrogen and oxygen atoms in total. The number of aliphatic hydroxyl groups is 1. The van der Waals surface area contributed by atoms with E-state index < -0.39 is 47.0 Å². The maximum atomic E-state index is 13.9. The molecule has 0 bridgehead atoms. The Morgan fingerprint density at radius 3 is 2.24 bits per heavy atom. The van der Waals surface area contributed by atoms with Gasteiger partial charge in [-0.3, -0.25) is 9.59 Å². The van der Waals surface area contributed by atoms with E-state index in [-0.39, 0.29) is 23.5 Å².